The van der Waals surface area contributed by atoms with Gasteiger partial charge in [0.1, 0.15) is 0 Å². The number of nitrogens with one attached hydrogen (secondary N) is 1. The first-order valence-corrected chi connectivity index (χ1v) is 10.3. The van der Waals surface area contributed by atoms with Crippen LogP contribution >= 0.6 is 11.5 Å². The van der Waals surface area contributed by atoms with Gasteiger partial charge in [-0.25, -0.2) is 0 Å². The molecule has 3 aromatic rings. The Labute approximate surface area is 162 Å². The van der Waals surface area contributed by atoms with E-state index in [-0.39, 0.29) is 5.91 Å². The highest BCUT2D eigenvalue weighted by molar-refractivity contribution is 7.13. The maximum atomic E-state index is 12.6. The molecule has 0 aliphatic carbocycles. The van der Waals surface area contributed by atoms with Crippen molar-refractivity contribution in [2.24, 2.45) is 5.92 Å². The van der Waals surface area contributed by atoms with Gasteiger partial charge in [0.2, 0.25) is 5.91 Å². The molecule has 2 aromatic heterocycles. The van der Waals surface area contributed by atoms with E-state index < -0.39 is 0 Å². The molecule has 0 radical (unpaired) electrons. The summed E-state index contributed by atoms with van der Waals surface area (Å²) in [6, 6.07) is 10.7. The van der Waals surface area contributed by atoms with Gasteiger partial charge in [-0.2, -0.15) is 4.37 Å². The Kier molecular flexibility index (Phi) is 4.38. The molecule has 5 heterocycles. The molecule has 0 saturated carbocycles. The first kappa shape index (κ1) is 16.8. The van der Waals surface area contributed by atoms with E-state index in [9.17, 15) is 4.79 Å². The average Bonchev–Trinajstić information content (AvgIpc) is 3.11. The molecule has 0 spiro atoms. The third kappa shape index (κ3) is 3.35. The van der Waals surface area contributed by atoms with Gasteiger partial charge in [0.05, 0.1) is 16.8 Å². The normalized spacial score (nSPS) is 24.2. The summed E-state index contributed by atoms with van der Waals surface area (Å²) in [4.78, 5) is 19.2. The Morgan fingerprint density at radius 1 is 1.15 bits per heavy atom. The van der Waals surface area contributed by atoms with E-state index in [1.54, 1.807) is 12.4 Å². The van der Waals surface area contributed by atoms with Gasteiger partial charge >= 0.3 is 0 Å². The van der Waals surface area contributed by atoms with Gasteiger partial charge in [-0.15, -0.1) is 0 Å². The summed E-state index contributed by atoms with van der Waals surface area (Å²) in [6.45, 7) is 3.38. The van der Waals surface area contributed by atoms with Crippen LogP contribution in [0.15, 0.2) is 42.7 Å². The van der Waals surface area contributed by atoms with Crippen LogP contribution in [0.2, 0.25) is 0 Å². The molecule has 3 aliphatic heterocycles. The minimum atomic E-state index is 0.0964. The number of amides is 1. The summed E-state index contributed by atoms with van der Waals surface area (Å²) in [5.41, 5.74) is 3.17. The second-order valence-corrected chi connectivity index (χ2v) is 8.37. The van der Waals surface area contributed by atoms with Crippen LogP contribution in [0.1, 0.15) is 18.5 Å². The van der Waals surface area contributed by atoms with Crippen molar-refractivity contribution in [1.82, 2.24) is 19.6 Å². The quantitative estimate of drug-likeness (QED) is 0.758. The third-order valence-corrected chi connectivity index (χ3v) is 6.74. The zero-order valence-corrected chi connectivity index (χ0v) is 15.9. The molecule has 2 bridgehead atoms. The number of carbonyl (C=O) groups is 1. The lowest BCUT2D eigenvalue weighted by Gasteiger charge is -2.44. The van der Waals surface area contributed by atoms with E-state index in [4.69, 9.17) is 0 Å². The molecule has 1 atom stereocenters. The van der Waals surface area contributed by atoms with Crippen molar-refractivity contribution in [2.75, 3.05) is 19.6 Å². The van der Waals surface area contributed by atoms with Crippen LogP contribution in [0.25, 0.3) is 21.2 Å². The molecule has 3 aliphatic rings. The van der Waals surface area contributed by atoms with Crippen LogP contribution in [0.3, 0.4) is 0 Å². The second-order valence-electron chi connectivity index (χ2n) is 7.56. The molecule has 5 nitrogen and oxygen atoms in total. The van der Waals surface area contributed by atoms with E-state index in [0.29, 0.717) is 18.4 Å². The maximum absolute atomic E-state index is 12.6. The smallest absolute Gasteiger partial charge is 0.226 e. The van der Waals surface area contributed by atoms with Crippen molar-refractivity contribution in [1.29, 1.82) is 0 Å². The zero-order valence-electron chi connectivity index (χ0n) is 15.1. The van der Waals surface area contributed by atoms with Crippen LogP contribution in [0, 0.1) is 5.92 Å². The molecule has 1 aromatic carbocycles. The summed E-state index contributed by atoms with van der Waals surface area (Å²) in [6.07, 6.45) is 6.38. The fourth-order valence-electron chi connectivity index (χ4n) is 4.38. The van der Waals surface area contributed by atoms with E-state index in [1.807, 2.05) is 12.1 Å². The summed E-state index contributed by atoms with van der Waals surface area (Å²) >= 11 is 1.47. The number of carbonyl (C=O) groups excluding carboxylic acids is 1. The number of piperidine rings is 3. The topological polar surface area (TPSA) is 58.1 Å². The van der Waals surface area contributed by atoms with Crippen molar-refractivity contribution in [2.45, 2.75) is 25.3 Å². The summed E-state index contributed by atoms with van der Waals surface area (Å²) in [5, 5.41) is 4.35. The van der Waals surface area contributed by atoms with Crippen LogP contribution in [0.5, 0.6) is 0 Å². The lowest BCUT2D eigenvalue weighted by Crippen LogP contribution is -2.57. The minimum Gasteiger partial charge on any atom is -0.351 e. The summed E-state index contributed by atoms with van der Waals surface area (Å²) < 4.78 is 5.69. The predicted octanol–water partition coefficient (Wildman–Crippen LogP) is 3.11. The standard InChI is InChI=1S/C21H22N4OS/c26-21(23-19-13-25-9-5-15(19)6-10-25)12-18-17-2-1-16(11-20(17)27-24-18)14-3-7-22-8-4-14/h1-4,7-8,11,15,19H,5-6,9-10,12-13H2,(H,23,26). The predicted molar refractivity (Wildman–Crippen MR) is 108 cm³/mol. The van der Waals surface area contributed by atoms with Crippen LogP contribution in [-0.4, -0.2) is 45.8 Å². The maximum Gasteiger partial charge on any atom is 0.226 e. The molecule has 3 saturated heterocycles. The largest absolute Gasteiger partial charge is 0.351 e. The number of rotatable bonds is 4. The first-order valence-electron chi connectivity index (χ1n) is 9.57. The average molecular weight is 379 g/mol. The Balaban J connectivity index is 1.31. The number of benzene rings is 1. The summed E-state index contributed by atoms with van der Waals surface area (Å²) in [7, 11) is 0. The van der Waals surface area contributed by atoms with Gasteiger partial charge in [0.25, 0.3) is 0 Å². The third-order valence-electron chi connectivity index (χ3n) is 5.89. The number of hydrogen-bond acceptors (Lipinski definition) is 5. The molecular formula is C21H22N4OS. The van der Waals surface area contributed by atoms with Crippen molar-refractivity contribution < 1.29 is 4.79 Å². The first-order chi connectivity index (χ1) is 13.3. The SMILES string of the molecule is O=C(Cc1nsc2cc(-c3ccncc3)ccc12)NC1CN2CCC1CC2. The molecule has 27 heavy (non-hydrogen) atoms. The Hall–Kier alpha value is -2.31. The van der Waals surface area contributed by atoms with E-state index in [2.05, 4.69) is 37.8 Å². The van der Waals surface area contributed by atoms with Crippen molar-refractivity contribution >= 4 is 27.5 Å². The van der Waals surface area contributed by atoms with Crippen molar-refractivity contribution in [3.05, 3.63) is 48.4 Å². The second kappa shape index (κ2) is 7.02. The van der Waals surface area contributed by atoms with Gasteiger partial charge in [-0.1, -0.05) is 12.1 Å². The monoisotopic (exact) mass is 378 g/mol. The molecular weight excluding hydrogens is 356 g/mol. The van der Waals surface area contributed by atoms with Crippen LogP contribution < -0.4 is 5.32 Å². The lowest BCUT2D eigenvalue weighted by molar-refractivity contribution is -0.122. The highest BCUT2D eigenvalue weighted by Gasteiger charge is 2.34. The molecule has 6 rings (SSSR count). The number of fused-ring (bicyclic) bond motifs is 4. The fraction of sp³-hybridized carbons (Fsp3) is 0.381. The minimum absolute atomic E-state index is 0.0964. The zero-order chi connectivity index (χ0) is 18.2. The highest BCUT2D eigenvalue weighted by Crippen LogP contribution is 2.30. The molecule has 6 heteroatoms. The van der Waals surface area contributed by atoms with E-state index in [0.717, 1.165) is 33.5 Å². The fourth-order valence-corrected chi connectivity index (χ4v) is 5.21. The molecule has 1 amide bonds. The number of aromatic nitrogens is 2. The van der Waals surface area contributed by atoms with E-state index in [1.165, 1.54) is 37.5 Å². The van der Waals surface area contributed by atoms with Gasteiger partial charge in [0, 0.05) is 30.4 Å². The lowest BCUT2D eigenvalue weighted by atomic mass is 9.84. The van der Waals surface area contributed by atoms with Gasteiger partial charge < -0.3 is 10.2 Å². The van der Waals surface area contributed by atoms with Crippen molar-refractivity contribution in [3.8, 4) is 11.1 Å². The van der Waals surface area contributed by atoms with Crippen LogP contribution in [-0.2, 0) is 11.2 Å². The molecule has 1 N–H and O–H groups in total. The Morgan fingerprint density at radius 3 is 2.70 bits per heavy atom. The highest BCUT2D eigenvalue weighted by atomic mass is 32.1. The van der Waals surface area contributed by atoms with Crippen LogP contribution in [0.4, 0.5) is 0 Å². The Bertz CT molecular complexity index is 963. The Morgan fingerprint density at radius 2 is 1.96 bits per heavy atom. The number of hydrogen-bond donors (Lipinski definition) is 1. The molecule has 1 unspecified atom stereocenters. The number of pyridine rings is 1. The van der Waals surface area contributed by atoms with Crippen molar-refractivity contribution in [3.63, 3.8) is 0 Å². The van der Waals surface area contributed by atoms with Gasteiger partial charge in [0.15, 0.2) is 0 Å². The van der Waals surface area contributed by atoms with E-state index >= 15 is 0 Å². The molecule has 138 valence electrons. The van der Waals surface area contributed by atoms with Gasteiger partial charge in [-0.05, 0) is 72.7 Å². The van der Waals surface area contributed by atoms with Gasteiger partial charge in [-0.3, -0.25) is 9.78 Å². The molecule has 3 fully saturated rings. The summed E-state index contributed by atoms with van der Waals surface area (Å²) in [5.74, 6) is 0.744. The number of nitrogens with zero attached hydrogens (tertiary/aromatic N) is 3.